The number of aliphatic hydroxyl groups is 8. The Bertz CT molecular complexity index is 1680. The Morgan fingerprint density at radius 2 is 0.775 bits per heavy atom. The van der Waals surface area contributed by atoms with Crippen molar-refractivity contribution < 1.29 is 64.6 Å². The molecule has 0 spiro atoms. The Kier molecular flexibility index (Phi) is 55.7. The number of hydrogen-bond acceptors (Lipinski definition) is 13. The van der Waals surface area contributed by atoms with Crippen LogP contribution in [0.3, 0.4) is 0 Å². The van der Waals surface area contributed by atoms with Gasteiger partial charge in [0.05, 0.1) is 32.0 Å². The van der Waals surface area contributed by atoms with Crippen molar-refractivity contribution in [3.63, 3.8) is 0 Å². The predicted molar refractivity (Wildman–Crippen MR) is 364 cm³/mol. The maximum atomic E-state index is 13.4. The fraction of sp³-hybridized carbons (Fsp3) is 0.880. The van der Waals surface area contributed by atoms with E-state index in [-0.39, 0.29) is 12.5 Å². The van der Waals surface area contributed by atoms with Crippen LogP contribution in [0, 0.1) is 0 Å². The lowest BCUT2D eigenvalue weighted by atomic mass is 9.97. The van der Waals surface area contributed by atoms with Gasteiger partial charge in [0.1, 0.15) is 48.8 Å². The van der Waals surface area contributed by atoms with Gasteiger partial charge in [-0.25, -0.2) is 0 Å². The van der Waals surface area contributed by atoms with Gasteiger partial charge in [-0.2, -0.15) is 0 Å². The van der Waals surface area contributed by atoms with E-state index in [0.29, 0.717) is 12.8 Å². The average Bonchev–Trinajstić information content (AvgIpc) is 2.53. The second-order valence-electron chi connectivity index (χ2n) is 26.4. The van der Waals surface area contributed by atoms with Gasteiger partial charge in [-0.15, -0.1) is 0 Å². The van der Waals surface area contributed by atoms with Crippen LogP contribution in [0.25, 0.3) is 0 Å². The van der Waals surface area contributed by atoms with Gasteiger partial charge in [-0.3, -0.25) is 4.79 Å². The number of carbonyl (C=O) groups excluding carboxylic acids is 1. The number of aliphatic hydroxyl groups excluding tert-OH is 8. The van der Waals surface area contributed by atoms with Crippen LogP contribution in [-0.4, -0.2) is 140 Å². The number of unbranched alkanes of at least 4 members (excludes halogenated alkanes) is 41. The molecular formula is C75H139NO13. The van der Waals surface area contributed by atoms with E-state index in [9.17, 15) is 45.6 Å². The first-order valence-electron chi connectivity index (χ1n) is 37.4. The highest BCUT2D eigenvalue weighted by Crippen LogP contribution is 2.30. The maximum Gasteiger partial charge on any atom is 0.220 e. The van der Waals surface area contributed by atoms with E-state index in [2.05, 4.69) is 67.8 Å². The van der Waals surface area contributed by atoms with E-state index in [1.54, 1.807) is 0 Å². The lowest BCUT2D eigenvalue weighted by Gasteiger charge is -2.46. The summed E-state index contributed by atoms with van der Waals surface area (Å²) >= 11 is 0. The Hall–Kier alpha value is -2.05. The quantitative estimate of drug-likeness (QED) is 0.0204. The van der Waals surface area contributed by atoms with Crippen LogP contribution in [0.5, 0.6) is 0 Å². The first-order chi connectivity index (χ1) is 43.6. The van der Waals surface area contributed by atoms with Gasteiger partial charge in [0.15, 0.2) is 12.6 Å². The molecule has 0 aromatic rings. The van der Waals surface area contributed by atoms with Crippen molar-refractivity contribution in [1.29, 1.82) is 0 Å². The molecule has 2 saturated heterocycles. The van der Waals surface area contributed by atoms with E-state index >= 15 is 0 Å². The molecule has 9 N–H and O–H groups in total. The van der Waals surface area contributed by atoms with Crippen molar-refractivity contribution in [2.75, 3.05) is 19.8 Å². The molecule has 0 aromatic heterocycles. The third kappa shape index (κ3) is 43.5. The van der Waals surface area contributed by atoms with Gasteiger partial charge in [-0.05, 0) is 51.4 Å². The summed E-state index contributed by atoms with van der Waals surface area (Å²) in [5, 5.41) is 87.7. The van der Waals surface area contributed by atoms with E-state index in [1.807, 2.05) is 0 Å². The maximum absolute atomic E-state index is 13.4. The summed E-state index contributed by atoms with van der Waals surface area (Å²) in [6.07, 6.45) is 61.3. The van der Waals surface area contributed by atoms with Crippen LogP contribution < -0.4 is 5.32 Å². The highest BCUT2D eigenvalue weighted by Gasteiger charge is 2.51. The van der Waals surface area contributed by atoms with Gasteiger partial charge >= 0.3 is 0 Å². The summed E-state index contributed by atoms with van der Waals surface area (Å²) in [6.45, 7) is 2.80. The number of nitrogens with one attached hydrogen (secondary N) is 1. The number of rotatable bonds is 62. The molecule has 12 unspecified atom stereocenters. The number of allylic oxidation sites excluding steroid dienone is 8. The lowest BCUT2D eigenvalue weighted by molar-refractivity contribution is -0.359. The summed E-state index contributed by atoms with van der Waals surface area (Å²) in [6, 6.07) is -0.830. The Balaban J connectivity index is 1.63. The van der Waals surface area contributed by atoms with Crippen LogP contribution in [0.2, 0.25) is 0 Å². The SMILES string of the molecule is CC/C=C\C/C=C\C/C=C\C/C=C\CCCCCCCCCCCCCCCCCCCCC(=O)NC(COC1OC(CO)C(OC2OC(CO)C(O)C(O)C2O)C(O)C1O)C(O)CCCCCCCCCCCCCCCCCCCCCCCCCC. The van der Waals surface area contributed by atoms with Crippen molar-refractivity contribution in [3.05, 3.63) is 48.6 Å². The van der Waals surface area contributed by atoms with Gasteiger partial charge in [-0.1, -0.05) is 319 Å². The van der Waals surface area contributed by atoms with Crippen LogP contribution >= 0.6 is 0 Å². The number of carbonyl (C=O) groups is 1. The largest absolute Gasteiger partial charge is 0.394 e. The smallest absolute Gasteiger partial charge is 0.220 e. The monoisotopic (exact) mass is 1260 g/mol. The minimum absolute atomic E-state index is 0.201. The molecule has 14 heteroatoms. The van der Waals surface area contributed by atoms with E-state index < -0.39 is 86.8 Å². The molecule has 2 heterocycles. The molecule has 12 atom stereocenters. The summed E-state index contributed by atoms with van der Waals surface area (Å²) < 4.78 is 23.0. The highest BCUT2D eigenvalue weighted by atomic mass is 16.7. The molecule has 2 rings (SSSR count). The highest BCUT2D eigenvalue weighted by molar-refractivity contribution is 5.76. The molecule has 0 aromatic carbocycles. The van der Waals surface area contributed by atoms with Crippen LogP contribution in [0.4, 0.5) is 0 Å². The molecule has 2 aliphatic heterocycles. The number of amides is 1. The Morgan fingerprint density at radius 1 is 0.416 bits per heavy atom. The zero-order valence-corrected chi connectivity index (χ0v) is 56.9. The number of hydrogen-bond donors (Lipinski definition) is 9. The van der Waals surface area contributed by atoms with E-state index in [4.69, 9.17) is 18.9 Å². The Labute approximate surface area is 543 Å². The molecule has 0 radical (unpaired) electrons. The van der Waals surface area contributed by atoms with Gasteiger partial charge < -0.3 is 65.1 Å². The van der Waals surface area contributed by atoms with Gasteiger partial charge in [0.2, 0.25) is 5.91 Å². The second-order valence-corrected chi connectivity index (χ2v) is 26.4. The average molecular weight is 1260 g/mol. The third-order valence-corrected chi connectivity index (χ3v) is 18.3. The van der Waals surface area contributed by atoms with E-state index in [0.717, 1.165) is 77.0 Å². The first kappa shape index (κ1) is 83.0. The fourth-order valence-corrected chi connectivity index (χ4v) is 12.4. The van der Waals surface area contributed by atoms with Gasteiger partial charge in [0, 0.05) is 6.42 Å². The van der Waals surface area contributed by atoms with Gasteiger partial charge in [0.25, 0.3) is 0 Å². The third-order valence-electron chi connectivity index (χ3n) is 18.3. The molecule has 1 amide bonds. The first-order valence-corrected chi connectivity index (χ1v) is 37.4. The topological polar surface area (TPSA) is 228 Å². The molecular weight excluding hydrogens is 1120 g/mol. The molecule has 2 fully saturated rings. The minimum atomic E-state index is -1.78. The van der Waals surface area contributed by atoms with Crippen LogP contribution in [0.15, 0.2) is 48.6 Å². The summed E-state index contributed by atoms with van der Waals surface area (Å²) in [5.74, 6) is -0.201. The van der Waals surface area contributed by atoms with Crippen molar-refractivity contribution in [1.82, 2.24) is 5.32 Å². The fourth-order valence-electron chi connectivity index (χ4n) is 12.4. The van der Waals surface area contributed by atoms with Crippen molar-refractivity contribution >= 4 is 5.91 Å². The zero-order valence-electron chi connectivity index (χ0n) is 56.9. The van der Waals surface area contributed by atoms with Crippen LogP contribution in [-0.2, 0) is 23.7 Å². The summed E-state index contributed by atoms with van der Waals surface area (Å²) in [4.78, 5) is 13.4. The summed E-state index contributed by atoms with van der Waals surface area (Å²) in [5.41, 5.74) is 0. The molecule has 0 bridgehead atoms. The summed E-state index contributed by atoms with van der Waals surface area (Å²) in [7, 11) is 0. The number of ether oxygens (including phenoxy) is 4. The minimum Gasteiger partial charge on any atom is -0.394 e. The van der Waals surface area contributed by atoms with Crippen LogP contribution in [0.1, 0.15) is 328 Å². The van der Waals surface area contributed by atoms with Crippen molar-refractivity contribution in [2.24, 2.45) is 0 Å². The lowest BCUT2D eigenvalue weighted by Crippen LogP contribution is -2.65. The standard InChI is InChI=1S/C75H139NO13/c1-3-5-7-9-11-13-15-17-19-21-23-25-27-29-30-31-32-33-34-35-37-39-41-43-45-47-49-51-53-55-57-59-67(80)76-63(62-86-74-72(85)70(83)73(66(61-78)88-74)89-75-71(84)69(82)68(81)65(60-77)87-75)64(79)58-56-54-52-50-48-46-44-42-40-38-36-28-26-24-22-20-18-16-14-12-10-8-6-4-2/h5,7,11,13,17,19,23,25,63-66,68-75,77-79,81-85H,3-4,6,8-10,12,14-16,18,20-22,24,26-62H2,1-2H3,(H,76,80)/b7-5-,13-11-,19-17-,25-23-. The molecule has 0 aliphatic carbocycles. The molecule has 2 aliphatic rings. The molecule has 89 heavy (non-hydrogen) atoms. The van der Waals surface area contributed by atoms with E-state index in [1.165, 1.54) is 225 Å². The normalized spacial score (nSPS) is 23.3. The van der Waals surface area contributed by atoms with Crippen molar-refractivity contribution in [3.8, 4) is 0 Å². The molecule has 0 saturated carbocycles. The predicted octanol–water partition coefficient (Wildman–Crippen LogP) is 15.9. The molecule has 522 valence electrons. The zero-order chi connectivity index (χ0) is 64.5. The second kappa shape index (κ2) is 59.7. The molecule has 14 nitrogen and oxygen atoms in total. The Morgan fingerprint density at radius 3 is 1.19 bits per heavy atom. The van der Waals surface area contributed by atoms with Crippen molar-refractivity contribution in [2.45, 2.75) is 402 Å².